The van der Waals surface area contributed by atoms with Crippen LogP contribution in [0.1, 0.15) is 40.2 Å². The highest BCUT2D eigenvalue weighted by molar-refractivity contribution is 7.89. The zero-order valence-electron chi connectivity index (χ0n) is 15.2. The van der Waals surface area contributed by atoms with Crippen molar-refractivity contribution in [1.82, 2.24) is 9.62 Å². The summed E-state index contributed by atoms with van der Waals surface area (Å²) in [7, 11) is -3.46. The van der Waals surface area contributed by atoms with Gasteiger partial charge < -0.3 is 5.32 Å². The van der Waals surface area contributed by atoms with Gasteiger partial charge in [-0.3, -0.25) is 4.79 Å². The number of nitrogens with one attached hydrogen (secondary N) is 1. The standard InChI is InChI=1S/C21H22N2O3S/c1-14-6-8-15(9-7-14)27(25,26)23-12-10-21(11-13-23)18-16-4-2-3-5-17(16)20(24)22-19(18)21/h2-9,18-19H,10-13H2,1H3,(H,22,24)/t18-,19+/m1/s1. The van der Waals surface area contributed by atoms with Crippen LogP contribution in [0.4, 0.5) is 0 Å². The highest BCUT2D eigenvalue weighted by Gasteiger charge is 2.68. The smallest absolute Gasteiger partial charge is 0.251 e. The van der Waals surface area contributed by atoms with Crippen molar-refractivity contribution >= 4 is 15.9 Å². The summed E-state index contributed by atoms with van der Waals surface area (Å²) >= 11 is 0. The first-order valence-corrected chi connectivity index (χ1v) is 10.8. The first-order valence-electron chi connectivity index (χ1n) is 9.40. The average molecular weight is 382 g/mol. The Balaban J connectivity index is 1.37. The predicted octanol–water partition coefficient (Wildman–Crippen LogP) is 2.68. The molecule has 0 bridgehead atoms. The second kappa shape index (κ2) is 5.66. The molecule has 2 fully saturated rings. The molecular formula is C21H22N2O3S. The summed E-state index contributed by atoms with van der Waals surface area (Å²) in [6.45, 7) is 2.95. The van der Waals surface area contributed by atoms with Gasteiger partial charge in [0.1, 0.15) is 0 Å². The van der Waals surface area contributed by atoms with Crippen molar-refractivity contribution in [1.29, 1.82) is 0 Å². The molecule has 6 heteroatoms. The van der Waals surface area contributed by atoms with E-state index in [1.807, 2.05) is 37.3 Å². The number of nitrogens with zero attached hydrogens (tertiary/aromatic N) is 1. The van der Waals surface area contributed by atoms with E-state index < -0.39 is 10.0 Å². The van der Waals surface area contributed by atoms with Crippen LogP contribution in [0.5, 0.6) is 0 Å². The van der Waals surface area contributed by atoms with Crippen LogP contribution in [-0.4, -0.2) is 37.8 Å². The summed E-state index contributed by atoms with van der Waals surface area (Å²) in [4.78, 5) is 12.7. The lowest BCUT2D eigenvalue weighted by Crippen LogP contribution is -2.41. The number of carbonyl (C=O) groups excluding carboxylic acids is 1. The van der Waals surface area contributed by atoms with E-state index in [1.165, 1.54) is 0 Å². The lowest BCUT2D eigenvalue weighted by molar-refractivity contribution is 0.0937. The lowest BCUT2D eigenvalue weighted by Gasteiger charge is -2.32. The Morgan fingerprint density at radius 1 is 1.04 bits per heavy atom. The number of aryl methyl sites for hydroxylation is 1. The van der Waals surface area contributed by atoms with E-state index in [-0.39, 0.29) is 17.4 Å². The van der Waals surface area contributed by atoms with Gasteiger partial charge in [0.2, 0.25) is 10.0 Å². The van der Waals surface area contributed by atoms with Crippen LogP contribution in [0.2, 0.25) is 0 Å². The minimum Gasteiger partial charge on any atom is -0.348 e. The van der Waals surface area contributed by atoms with E-state index >= 15 is 0 Å². The summed E-state index contributed by atoms with van der Waals surface area (Å²) < 4.78 is 27.5. The molecule has 0 unspecified atom stereocenters. The molecule has 1 saturated heterocycles. The number of piperidine rings is 1. The molecule has 1 amide bonds. The number of amides is 1. The fourth-order valence-electron chi connectivity index (χ4n) is 5.03. The van der Waals surface area contributed by atoms with Gasteiger partial charge in [-0.25, -0.2) is 8.42 Å². The summed E-state index contributed by atoms with van der Waals surface area (Å²) in [6, 6.07) is 15.0. The molecule has 0 aromatic heterocycles. The van der Waals surface area contributed by atoms with Gasteiger partial charge in [-0.2, -0.15) is 4.31 Å². The Labute approximate surface area is 159 Å². The van der Waals surface area contributed by atoms with Crippen molar-refractivity contribution in [3.8, 4) is 0 Å². The van der Waals surface area contributed by atoms with Crippen LogP contribution in [0.15, 0.2) is 53.4 Å². The van der Waals surface area contributed by atoms with Gasteiger partial charge >= 0.3 is 0 Å². The molecule has 27 heavy (non-hydrogen) atoms. The molecule has 2 aromatic carbocycles. The quantitative estimate of drug-likeness (QED) is 0.868. The summed E-state index contributed by atoms with van der Waals surface area (Å²) in [5.74, 6) is 0.314. The zero-order chi connectivity index (χ0) is 18.8. The molecule has 2 aromatic rings. The maximum absolute atomic E-state index is 13.0. The van der Waals surface area contributed by atoms with Crippen molar-refractivity contribution in [2.75, 3.05) is 13.1 Å². The molecule has 1 aliphatic carbocycles. The van der Waals surface area contributed by atoms with Crippen LogP contribution in [0.25, 0.3) is 0 Å². The molecule has 2 heterocycles. The molecule has 2 atom stereocenters. The van der Waals surface area contributed by atoms with E-state index in [9.17, 15) is 13.2 Å². The normalized spacial score (nSPS) is 26.2. The number of fused-ring (bicyclic) bond motifs is 5. The number of sulfonamides is 1. The molecular weight excluding hydrogens is 360 g/mol. The largest absolute Gasteiger partial charge is 0.348 e. The predicted molar refractivity (Wildman–Crippen MR) is 102 cm³/mol. The highest BCUT2D eigenvalue weighted by Crippen LogP contribution is 2.66. The van der Waals surface area contributed by atoms with E-state index in [0.29, 0.717) is 23.9 Å². The summed E-state index contributed by atoms with van der Waals surface area (Å²) in [5.41, 5.74) is 2.94. The number of hydrogen-bond acceptors (Lipinski definition) is 3. The van der Waals surface area contributed by atoms with Crippen molar-refractivity contribution in [2.45, 2.75) is 36.6 Å². The summed E-state index contributed by atoms with van der Waals surface area (Å²) in [6.07, 6.45) is 1.56. The topological polar surface area (TPSA) is 66.5 Å². The van der Waals surface area contributed by atoms with Crippen molar-refractivity contribution in [3.63, 3.8) is 0 Å². The van der Waals surface area contributed by atoms with Gasteiger partial charge in [0.25, 0.3) is 5.91 Å². The highest BCUT2D eigenvalue weighted by atomic mass is 32.2. The Morgan fingerprint density at radius 3 is 2.41 bits per heavy atom. The Morgan fingerprint density at radius 2 is 1.70 bits per heavy atom. The van der Waals surface area contributed by atoms with E-state index in [1.54, 1.807) is 16.4 Å². The van der Waals surface area contributed by atoms with E-state index in [0.717, 1.165) is 29.5 Å². The third-order valence-corrected chi connectivity index (χ3v) is 8.52. The molecule has 140 valence electrons. The average Bonchev–Trinajstić information content (AvgIpc) is 3.28. The van der Waals surface area contributed by atoms with Gasteiger partial charge in [0.05, 0.1) is 4.90 Å². The molecule has 5 nitrogen and oxygen atoms in total. The van der Waals surface area contributed by atoms with Gasteiger partial charge in [-0.15, -0.1) is 0 Å². The van der Waals surface area contributed by atoms with E-state index in [4.69, 9.17) is 0 Å². The Kier molecular flexibility index (Phi) is 3.55. The van der Waals surface area contributed by atoms with Crippen LogP contribution in [0.3, 0.4) is 0 Å². The van der Waals surface area contributed by atoms with Crippen LogP contribution < -0.4 is 5.32 Å². The van der Waals surface area contributed by atoms with Crippen molar-refractivity contribution in [3.05, 3.63) is 65.2 Å². The van der Waals surface area contributed by atoms with Crippen molar-refractivity contribution in [2.24, 2.45) is 5.41 Å². The third kappa shape index (κ3) is 2.39. The minimum absolute atomic E-state index is 0.00145. The molecule has 1 saturated carbocycles. The number of hydrogen-bond donors (Lipinski definition) is 1. The Hall–Kier alpha value is -2.18. The molecule has 1 spiro atoms. The molecule has 1 N–H and O–H groups in total. The lowest BCUT2D eigenvalue weighted by atomic mass is 9.88. The van der Waals surface area contributed by atoms with Crippen molar-refractivity contribution < 1.29 is 13.2 Å². The van der Waals surface area contributed by atoms with Gasteiger partial charge in [-0.05, 0) is 43.5 Å². The Bertz CT molecular complexity index is 1020. The maximum atomic E-state index is 13.0. The van der Waals surface area contributed by atoms with Crippen LogP contribution in [0, 0.1) is 12.3 Å². The number of rotatable bonds is 2. The maximum Gasteiger partial charge on any atom is 0.251 e. The second-order valence-corrected chi connectivity index (χ2v) is 9.90. The number of carbonyl (C=O) groups is 1. The summed E-state index contributed by atoms with van der Waals surface area (Å²) in [5, 5.41) is 3.15. The number of benzene rings is 2. The molecule has 5 rings (SSSR count). The zero-order valence-corrected chi connectivity index (χ0v) is 16.0. The third-order valence-electron chi connectivity index (χ3n) is 6.60. The van der Waals surface area contributed by atoms with Gasteiger partial charge in [0.15, 0.2) is 0 Å². The van der Waals surface area contributed by atoms with Gasteiger partial charge in [0, 0.05) is 36.0 Å². The fourth-order valence-corrected chi connectivity index (χ4v) is 6.47. The van der Waals surface area contributed by atoms with E-state index in [2.05, 4.69) is 11.4 Å². The second-order valence-electron chi connectivity index (χ2n) is 7.97. The van der Waals surface area contributed by atoms with Crippen LogP contribution >= 0.6 is 0 Å². The molecule has 2 aliphatic heterocycles. The molecule has 0 radical (unpaired) electrons. The monoisotopic (exact) mass is 382 g/mol. The van der Waals surface area contributed by atoms with Gasteiger partial charge in [-0.1, -0.05) is 35.9 Å². The van der Waals surface area contributed by atoms with Crippen LogP contribution in [-0.2, 0) is 10.0 Å². The fraction of sp³-hybridized carbons (Fsp3) is 0.381. The SMILES string of the molecule is Cc1ccc(S(=O)(=O)N2CCC3(CC2)[C@@H]2c4ccccc4C(=O)N[C@@H]23)cc1. The minimum atomic E-state index is -3.46. The molecule has 3 aliphatic rings. The first kappa shape index (κ1) is 17.0. The first-order chi connectivity index (χ1) is 12.9.